The maximum atomic E-state index is 5.47. The fourth-order valence-electron chi connectivity index (χ4n) is 3.71. The van der Waals surface area contributed by atoms with E-state index in [0.29, 0.717) is 0 Å². The number of aryl methyl sites for hydroxylation is 1. The molecule has 2 heterocycles. The van der Waals surface area contributed by atoms with Crippen molar-refractivity contribution in [3.8, 4) is 11.5 Å². The maximum absolute atomic E-state index is 5.47. The van der Waals surface area contributed by atoms with Crippen molar-refractivity contribution in [2.75, 3.05) is 31.0 Å². The highest BCUT2D eigenvalue weighted by Crippen LogP contribution is 2.34. The molecular weight excluding hydrogens is 364 g/mol. The lowest BCUT2D eigenvalue weighted by Crippen LogP contribution is -2.31. The minimum absolute atomic E-state index is 0.726. The summed E-state index contributed by atoms with van der Waals surface area (Å²) in [6, 6.07) is 14.3. The van der Waals surface area contributed by atoms with E-state index in [0.717, 1.165) is 54.9 Å². The van der Waals surface area contributed by atoms with E-state index in [1.807, 2.05) is 18.3 Å². The Balaban J connectivity index is 1.56. The van der Waals surface area contributed by atoms with E-state index in [1.165, 1.54) is 16.7 Å². The Morgan fingerprint density at radius 3 is 2.55 bits per heavy atom. The molecule has 150 valence electrons. The van der Waals surface area contributed by atoms with Gasteiger partial charge in [0.15, 0.2) is 11.5 Å². The highest BCUT2D eigenvalue weighted by atomic mass is 16.5. The van der Waals surface area contributed by atoms with Gasteiger partial charge in [-0.15, -0.1) is 0 Å². The van der Waals surface area contributed by atoms with E-state index in [4.69, 9.17) is 14.5 Å². The summed E-state index contributed by atoms with van der Waals surface area (Å²) in [6.07, 6.45) is 3.69. The van der Waals surface area contributed by atoms with Crippen LogP contribution in [0.25, 0.3) is 0 Å². The molecule has 0 unspecified atom stereocenters. The first-order valence-electron chi connectivity index (χ1n) is 9.88. The van der Waals surface area contributed by atoms with Gasteiger partial charge in [0.1, 0.15) is 5.82 Å². The highest BCUT2D eigenvalue weighted by Gasteiger charge is 2.21. The number of nitrogens with zero attached hydrogens (tertiary/aromatic N) is 3. The summed E-state index contributed by atoms with van der Waals surface area (Å²) in [7, 11) is 3.33. The number of hydrogen-bond acceptors (Lipinski definition) is 6. The van der Waals surface area contributed by atoms with Crippen LogP contribution in [0.5, 0.6) is 11.5 Å². The van der Waals surface area contributed by atoms with Gasteiger partial charge in [-0.05, 0) is 53.8 Å². The van der Waals surface area contributed by atoms with Gasteiger partial charge < -0.3 is 19.7 Å². The molecule has 0 saturated heterocycles. The zero-order valence-corrected chi connectivity index (χ0v) is 17.1. The molecule has 0 aliphatic carbocycles. The van der Waals surface area contributed by atoms with E-state index >= 15 is 0 Å². The van der Waals surface area contributed by atoms with Crippen molar-refractivity contribution >= 4 is 17.5 Å². The van der Waals surface area contributed by atoms with Gasteiger partial charge in [0.2, 0.25) is 5.95 Å². The molecule has 1 N–H and O–H groups in total. The van der Waals surface area contributed by atoms with Gasteiger partial charge in [0.05, 0.1) is 14.2 Å². The molecule has 29 heavy (non-hydrogen) atoms. The SMILES string of the molecule is CCc1ccccc1Nc1ccnc(N2CCc3cc(OC)c(OC)cc3C2)n1. The molecule has 6 nitrogen and oxygen atoms in total. The predicted molar refractivity (Wildman–Crippen MR) is 115 cm³/mol. The number of aromatic nitrogens is 2. The second-order valence-corrected chi connectivity index (χ2v) is 7.03. The third kappa shape index (κ3) is 3.97. The van der Waals surface area contributed by atoms with Gasteiger partial charge in [-0.25, -0.2) is 4.98 Å². The first-order chi connectivity index (χ1) is 14.2. The fraction of sp³-hybridized carbons (Fsp3) is 0.304. The summed E-state index contributed by atoms with van der Waals surface area (Å²) in [6.45, 7) is 3.75. The minimum Gasteiger partial charge on any atom is -0.493 e. The van der Waals surface area contributed by atoms with Crippen molar-refractivity contribution in [1.82, 2.24) is 9.97 Å². The Labute approximate surface area is 171 Å². The maximum Gasteiger partial charge on any atom is 0.227 e. The largest absolute Gasteiger partial charge is 0.493 e. The minimum atomic E-state index is 0.726. The third-order valence-electron chi connectivity index (χ3n) is 5.30. The van der Waals surface area contributed by atoms with Gasteiger partial charge in [-0.2, -0.15) is 4.98 Å². The topological polar surface area (TPSA) is 59.5 Å². The van der Waals surface area contributed by atoms with Crippen LogP contribution in [0.15, 0.2) is 48.7 Å². The predicted octanol–water partition coefficient (Wildman–Crippen LogP) is 4.36. The van der Waals surface area contributed by atoms with Crippen LogP contribution < -0.4 is 19.7 Å². The lowest BCUT2D eigenvalue weighted by molar-refractivity contribution is 0.353. The number of ether oxygens (including phenoxy) is 2. The van der Waals surface area contributed by atoms with Gasteiger partial charge in [0.25, 0.3) is 0 Å². The summed E-state index contributed by atoms with van der Waals surface area (Å²) < 4.78 is 10.9. The molecule has 0 spiro atoms. The van der Waals surface area contributed by atoms with Crippen LogP contribution >= 0.6 is 0 Å². The molecule has 6 heteroatoms. The normalized spacial score (nSPS) is 13.0. The molecule has 0 radical (unpaired) electrons. The van der Waals surface area contributed by atoms with Crippen molar-refractivity contribution in [2.45, 2.75) is 26.3 Å². The Hall–Kier alpha value is -3.28. The first-order valence-corrected chi connectivity index (χ1v) is 9.88. The standard InChI is InChI=1S/C23H26N4O2/c1-4-16-7-5-6-8-19(16)25-22-9-11-24-23(26-22)27-12-10-17-13-20(28-2)21(29-3)14-18(17)15-27/h5-9,11,13-14H,4,10,12,15H2,1-3H3,(H,24,25,26). The number of fused-ring (bicyclic) bond motifs is 1. The van der Waals surface area contributed by atoms with Crippen LogP contribution in [0.4, 0.5) is 17.5 Å². The van der Waals surface area contributed by atoms with Crippen LogP contribution in [0.2, 0.25) is 0 Å². The monoisotopic (exact) mass is 390 g/mol. The Kier molecular flexibility index (Phi) is 5.51. The van der Waals surface area contributed by atoms with Gasteiger partial charge in [-0.1, -0.05) is 25.1 Å². The highest BCUT2D eigenvalue weighted by molar-refractivity contribution is 5.61. The second-order valence-electron chi connectivity index (χ2n) is 7.03. The Morgan fingerprint density at radius 2 is 1.79 bits per heavy atom. The average Bonchev–Trinajstić information content (AvgIpc) is 2.78. The summed E-state index contributed by atoms with van der Waals surface area (Å²) in [5, 5.41) is 3.44. The van der Waals surface area contributed by atoms with Crippen molar-refractivity contribution in [3.05, 3.63) is 65.4 Å². The molecule has 0 fully saturated rings. The zero-order valence-electron chi connectivity index (χ0n) is 17.1. The van der Waals surface area contributed by atoms with Crippen LogP contribution in [0.3, 0.4) is 0 Å². The number of para-hydroxylation sites is 1. The lowest BCUT2D eigenvalue weighted by Gasteiger charge is -2.29. The number of hydrogen-bond donors (Lipinski definition) is 1. The van der Waals surface area contributed by atoms with Crippen LogP contribution in [-0.2, 0) is 19.4 Å². The molecular formula is C23H26N4O2. The molecule has 0 amide bonds. The van der Waals surface area contributed by atoms with Crippen LogP contribution in [0, 0.1) is 0 Å². The zero-order chi connectivity index (χ0) is 20.2. The van der Waals surface area contributed by atoms with Gasteiger partial charge >= 0.3 is 0 Å². The summed E-state index contributed by atoms with van der Waals surface area (Å²) in [5.41, 5.74) is 4.85. The van der Waals surface area contributed by atoms with Crippen LogP contribution in [-0.4, -0.2) is 30.7 Å². The fourth-order valence-corrected chi connectivity index (χ4v) is 3.71. The molecule has 0 atom stereocenters. The van der Waals surface area contributed by atoms with Crippen molar-refractivity contribution in [2.24, 2.45) is 0 Å². The van der Waals surface area contributed by atoms with E-state index < -0.39 is 0 Å². The Bertz CT molecular complexity index is 1010. The number of methoxy groups -OCH3 is 2. The summed E-state index contributed by atoms with van der Waals surface area (Å²) in [5.74, 6) is 3.05. The molecule has 1 aromatic heterocycles. The second kappa shape index (κ2) is 8.39. The number of benzene rings is 2. The number of nitrogens with one attached hydrogen (secondary N) is 1. The van der Waals surface area contributed by atoms with E-state index in [-0.39, 0.29) is 0 Å². The first kappa shape index (κ1) is 19.1. The van der Waals surface area contributed by atoms with Crippen molar-refractivity contribution < 1.29 is 9.47 Å². The molecule has 0 bridgehead atoms. The number of rotatable bonds is 6. The quantitative estimate of drug-likeness (QED) is 0.675. The van der Waals surface area contributed by atoms with Gasteiger partial charge in [0, 0.05) is 25.0 Å². The summed E-state index contributed by atoms with van der Waals surface area (Å²) >= 11 is 0. The van der Waals surface area contributed by atoms with E-state index in [2.05, 4.69) is 52.5 Å². The molecule has 4 rings (SSSR count). The summed E-state index contributed by atoms with van der Waals surface area (Å²) in [4.78, 5) is 11.5. The van der Waals surface area contributed by atoms with Crippen molar-refractivity contribution in [1.29, 1.82) is 0 Å². The number of anilines is 3. The van der Waals surface area contributed by atoms with E-state index in [9.17, 15) is 0 Å². The lowest BCUT2D eigenvalue weighted by atomic mass is 9.99. The van der Waals surface area contributed by atoms with E-state index in [1.54, 1.807) is 14.2 Å². The average molecular weight is 390 g/mol. The molecule has 1 aliphatic heterocycles. The van der Waals surface area contributed by atoms with Crippen molar-refractivity contribution in [3.63, 3.8) is 0 Å². The Morgan fingerprint density at radius 1 is 1.03 bits per heavy atom. The third-order valence-corrected chi connectivity index (χ3v) is 5.30. The van der Waals surface area contributed by atoms with Gasteiger partial charge in [-0.3, -0.25) is 0 Å². The van der Waals surface area contributed by atoms with Crippen LogP contribution in [0.1, 0.15) is 23.6 Å². The molecule has 3 aromatic rings. The molecule has 0 saturated carbocycles. The molecule has 2 aromatic carbocycles. The smallest absolute Gasteiger partial charge is 0.227 e. The molecule has 1 aliphatic rings.